The molecule has 1 unspecified atom stereocenters. The standard InChI is InChI=1S/C34H42N6O3/c1-4-24(2)20-37-34-32(25(3)35)33(26-14-16-30(17-15-26)43-29-11-6-5-7-12-29)38-40(34)28-10-9-19-39(21-28)31(41)13-8-18-36-27-22-42-23-27/h5-8,11-17,20,27-28,35-37H,4,9-10,18-19,21-23H2,1-3H3. The molecule has 1 amide bonds. The number of allylic oxidation sites excluding steroid dienone is 1. The number of ether oxygens (including phenoxy) is 2. The van der Waals surface area contributed by atoms with Gasteiger partial charge < -0.3 is 30.4 Å². The zero-order valence-electron chi connectivity index (χ0n) is 25.3. The highest BCUT2D eigenvalue weighted by molar-refractivity contribution is 6.06. The Morgan fingerprint density at radius 1 is 1.12 bits per heavy atom. The van der Waals surface area contributed by atoms with E-state index < -0.39 is 0 Å². The van der Waals surface area contributed by atoms with Crippen LogP contribution in [0.15, 0.2) is 78.5 Å². The average Bonchev–Trinajstić information content (AvgIpc) is 3.39. The topological polar surface area (TPSA) is 105 Å². The first-order chi connectivity index (χ1) is 20.9. The molecule has 3 N–H and O–H groups in total. The largest absolute Gasteiger partial charge is 0.457 e. The van der Waals surface area contributed by atoms with E-state index in [4.69, 9.17) is 20.0 Å². The van der Waals surface area contributed by atoms with Gasteiger partial charge in [0.1, 0.15) is 23.0 Å². The molecule has 9 heteroatoms. The van der Waals surface area contributed by atoms with Crippen molar-refractivity contribution in [1.29, 1.82) is 5.41 Å². The summed E-state index contributed by atoms with van der Waals surface area (Å²) in [6, 6.07) is 17.9. The zero-order valence-corrected chi connectivity index (χ0v) is 25.3. The van der Waals surface area contributed by atoms with E-state index in [1.807, 2.05) is 76.5 Å². The summed E-state index contributed by atoms with van der Waals surface area (Å²) >= 11 is 0. The van der Waals surface area contributed by atoms with Gasteiger partial charge in [0, 0.05) is 43.2 Å². The van der Waals surface area contributed by atoms with Crippen molar-refractivity contribution in [2.45, 2.75) is 52.1 Å². The van der Waals surface area contributed by atoms with Crippen molar-refractivity contribution in [3.05, 3.63) is 84.1 Å². The van der Waals surface area contributed by atoms with Gasteiger partial charge in [0.15, 0.2) is 0 Å². The highest BCUT2D eigenvalue weighted by atomic mass is 16.5. The van der Waals surface area contributed by atoms with Crippen molar-refractivity contribution >= 4 is 17.4 Å². The van der Waals surface area contributed by atoms with Gasteiger partial charge in [-0.15, -0.1) is 0 Å². The normalized spacial score (nSPS) is 17.6. The van der Waals surface area contributed by atoms with E-state index in [1.165, 1.54) is 5.57 Å². The summed E-state index contributed by atoms with van der Waals surface area (Å²) in [6.07, 6.45) is 8.24. The Hall–Kier alpha value is -4.21. The molecule has 2 aliphatic heterocycles. The van der Waals surface area contributed by atoms with E-state index in [-0.39, 0.29) is 11.9 Å². The number of amides is 1. The van der Waals surface area contributed by atoms with Gasteiger partial charge in [-0.2, -0.15) is 5.10 Å². The second-order valence-electron chi connectivity index (χ2n) is 11.2. The predicted octanol–water partition coefficient (Wildman–Crippen LogP) is 6.16. The Morgan fingerprint density at radius 3 is 2.53 bits per heavy atom. The predicted molar refractivity (Wildman–Crippen MR) is 171 cm³/mol. The number of hydrogen-bond acceptors (Lipinski definition) is 7. The number of para-hydroxylation sites is 1. The molecule has 226 valence electrons. The van der Waals surface area contributed by atoms with Crippen LogP contribution in [0, 0.1) is 5.41 Å². The molecule has 9 nitrogen and oxygen atoms in total. The fourth-order valence-electron chi connectivity index (χ4n) is 5.20. The Bertz CT molecular complexity index is 1460. The molecule has 0 saturated carbocycles. The lowest BCUT2D eigenvalue weighted by Gasteiger charge is -2.33. The maximum absolute atomic E-state index is 13.1. The maximum atomic E-state index is 13.1. The fraction of sp³-hybridized carbons (Fsp3) is 0.382. The lowest BCUT2D eigenvalue weighted by atomic mass is 10.0. The van der Waals surface area contributed by atoms with Crippen molar-refractivity contribution in [3.63, 3.8) is 0 Å². The molecule has 1 atom stereocenters. The minimum absolute atomic E-state index is 0.0115. The van der Waals surface area contributed by atoms with E-state index in [0.717, 1.165) is 66.6 Å². The summed E-state index contributed by atoms with van der Waals surface area (Å²) in [5.74, 6) is 2.29. The van der Waals surface area contributed by atoms with Crippen LogP contribution in [0.5, 0.6) is 11.5 Å². The number of benzene rings is 2. The van der Waals surface area contributed by atoms with Crippen LogP contribution in [0.1, 0.15) is 51.6 Å². The number of hydrogen-bond donors (Lipinski definition) is 3. The molecule has 43 heavy (non-hydrogen) atoms. The van der Waals surface area contributed by atoms with E-state index in [2.05, 4.69) is 24.5 Å². The van der Waals surface area contributed by atoms with Gasteiger partial charge in [-0.25, -0.2) is 4.68 Å². The van der Waals surface area contributed by atoms with Crippen molar-refractivity contribution < 1.29 is 14.3 Å². The van der Waals surface area contributed by atoms with Crippen LogP contribution in [0.2, 0.25) is 0 Å². The van der Waals surface area contributed by atoms with Crippen molar-refractivity contribution in [2.75, 3.05) is 38.2 Å². The molecule has 0 spiro atoms. The number of carbonyl (C=O) groups excluding carboxylic acids is 1. The highest BCUT2D eigenvalue weighted by Crippen LogP contribution is 2.35. The molecule has 3 heterocycles. The second kappa shape index (κ2) is 14.3. The van der Waals surface area contributed by atoms with Gasteiger partial charge in [-0.1, -0.05) is 36.8 Å². The molecule has 0 radical (unpaired) electrons. The molecule has 2 fully saturated rings. The first-order valence-corrected chi connectivity index (χ1v) is 15.1. The van der Waals surface area contributed by atoms with Gasteiger partial charge >= 0.3 is 0 Å². The van der Waals surface area contributed by atoms with Crippen molar-refractivity contribution in [3.8, 4) is 22.8 Å². The Kier molecular flexibility index (Phi) is 10.1. The fourth-order valence-corrected chi connectivity index (χ4v) is 5.20. The van der Waals surface area contributed by atoms with Crippen LogP contribution in [0.4, 0.5) is 5.82 Å². The van der Waals surface area contributed by atoms with Crippen LogP contribution in [0.25, 0.3) is 11.3 Å². The molecule has 2 saturated heterocycles. The number of piperidine rings is 1. The van der Waals surface area contributed by atoms with Gasteiger partial charge in [-0.05, 0) is 69.5 Å². The van der Waals surface area contributed by atoms with Crippen LogP contribution in [-0.2, 0) is 9.53 Å². The molecular formula is C34H42N6O3. The molecule has 0 aliphatic carbocycles. The third-order valence-electron chi connectivity index (χ3n) is 7.88. The minimum atomic E-state index is -0.0262. The monoisotopic (exact) mass is 582 g/mol. The van der Waals surface area contributed by atoms with E-state index in [1.54, 1.807) is 13.0 Å². The smallest absolute Gasteiger partial charge is 0.246 e. The number of carbonyl (C=O) groups is 1. The van der Waals surface area contributed by atoms with Crippen LogP contribution >= 0.6 is 0 Å². The third kappa shape index (κ3) is 7.60. The number of rotatable bonds is 12. The summed E-state index contributed by atoms with van der Waals surface area (Å²) < 4.78 is 13.2. The summed E-state index contributed by atoms with van der Waals surface area (Å²) in [7, 11) is 0. The maximum Gasteiger partial charge on any atom is 0.246 e. The second-order valence-corrected chi connectivity index (χ2v) is 11.2. The SMILES string of the molecule is CCC(C)=CNc1c(C(C)=N)c(-c2ccc(Oc3ccccc3)cc2)nn1C1CCCN(C(=O)C=CCNC2COC2)C1. The first-order valence-electron chi connectivity index (χ1n) is 15.1. The number of anilines is 1. The summed E-state index contributed by atoms with van der Waals surface area (Å²) in [5.41, 5.74) is 4.01. The quantitative estimate of drug-likeness (QED) is 0.174. The van der Waals surface area contributed by atoms with E-state index >= 15 is 0 Å². The van der Waals surface area contributed by atoms with Crippen molar-refractivity contribution in [2.24, 2.45) is 0 Å². The lowest BCUT2D eigenvalue weighted by molar-refractivity contribution is -0.127. The molecule has 2 aromatic carbocycles. The van der Waals surface area contributed by atoms with Gasteiger partial charge in [0.05, 0.1) is 30.9 Å². The first kappa shape index (κ1) is 30.3. The molecule has 2 aliphatic rings. The zero-order chi connectivity index (χ0) is 30.2. The average molecular weight is 583 g/mol. The molecule has 3 aromatic rings. The van der Waals surface area contributed by atoms with E-state index in [9.17, 15) is 4.79 Å². The minimum Gasteiger partial charge on any atom is -0.457 e. The van der Waals surface area contributed by atoms with E-state index in [0.29, 0.717) is 31.4 Å². The summed E-state index contributed by atoms with van der Waals surface area (Å²) in [4.78, 5) is 15.0. The van der Waals surface area contributed by atoms with Crippen LogP contribution in [0.3, 0.4) is 0 Å². The molecular weight excluding hydrogens is 540 g/mol. The Labute approximate surface area is 254 Å². The van der Waals surface area contributed by atoms with Crippen LogP contribution in [-0.4, -0.2) is 65.2 Å². The van der Waals surface area contributed by atoms with Gasteiger partial charge in [0.25, 0.3) is 0 Å². The Morgan fingerprint density at radius 2 is 1.86 bits per heavy atom. The third-order valence-corrected chi connectivity index (χ3v) is 7.88. The Balaban J connectivity index is 1.40. The van der Waals surface area contributed by atoms with Gasteiger partial charge in [-0.3, -0.25) is 4.79 Å². The summed E-state index contributed by atoms with van der Waals surface area (Å²) in [5, 5.41) is 20.7. The molecule has 1 aromatic heterocycles. The lowest BCUT2D eigenvalue weighted by Crippen LogP contribution is -2.46. The molecule has 0 bridgehead atoms. The number of aromatic nitrogens is 2. The van der Waals surface area contributed by atoms with Crippen LogP contribution < -0.4 is 15.4 Å². The number of nitrogens with zero attached hydrogens (tertiary/aromatic N) is 3. The highest BCUT2D eigenvalue weighted by Gasteiger charge is 2.29. The number of likely N-dealkylation sites (tertiary alicyclic amines) is 1. The van der Waals surface area contributed by atoms with Crippen molar-refractivity contribution in [1.82, 2.24) is 20.0 Å². The van der Waals surface area contributed by atoms with Gasteiger partial charge in [0.2, 0.25) is 5.91 Å². The molecule has 5 rings (SSSR count). The summed E-state index contributed by atoms with van der Waals surface area (Å²) in [6.45, 7) is 9.37. The number of nitrogens with one attached hydrogen (secondary N) is 3.